The van der Waals surface area contributed by atoms with Gasteiger partial charge >= 0.3 is 0 Å². The van der Waals surface area contributed by atoms with Crippen LogP contribution in [0.15, 0.2) is 23.1 Å². The lowest BCUT2D eigenvalue weighted by Crippen LogP contribution is -2.50. The molecule has 0 bridgehead atoms. The summed E-state index contributed by atoms with van der Waals surface area (Å²) in [7, 11) is 3.68. The van der Waals surface area contributed by atoms with E-state index in [-0.39, 0.29) is 23.0 Å². The second-order valence-electron chi connectivity index (χ2n) is 6.82. The van der Waals surface area contributed by atoms with E-state index in [1.807, 2.05) is 7.05 Å². The van der Waals surface area contributed by atoms with E-state index in [4.69, 9.17) is 0 Å². The molecule has 3 rings (SSSR count). The van der Waals surface area contributed by atoms with Gasteiger partial charge in [0.05, 0.1) is 10.9 Å². The quantitative estimate of drug-likeness (QED) is 0.905. The lowest BCUT2D eigenvalue weighted by atomic mass is 9.92. The Labute approximate surface area is 144 Å². The summed E-state index contributed by atoms with van der Waals surface area (Å²) in [5.41, 5.74) is -1.19. The van der Waals surface area contributed by atoms with Gasteiger partial charge in [-0.05, 0) is 38.1 Å². The summed E-state index contributed by atoms with van der Waals surface area (Å²) in [6.07, 6.45) is 1.97. The van der Waals surface area contributed by atoms with Gasteiger partial charge in [-0.3, -0.25) is 9.59 Å². The Morgan fingerprint density at radius 2 is 2.00 bits per heavy atom. The number of carbonyl (C=O) groups is 1. The zero-order chi connectivity index (χ0) is 18.3. The van der Waals surface area contributed by atoms with Gasteiger partial charge in [0.1, 0.15) is 17.2 Å². The van der Waals surface area contributed by atoms with Crippen molar-refractivity contribution in [3.63, 3.8) is 0 Å². The molecule has 1 aliphatic rings. The van der Waals surface area contributed by atoms with Crippen LogP contribution in [0.1, 0.15) is 23.7 Å². The Morgan fingerprint density at radius 1 is 1.32 bits per heavy atom. The molecule has 0 radical (unpaired) electrons. The molecule has 0 aliphatic carbocycles. The molecule has 2 unspecified atom stereocenters. The summed E-state index contributed by atoms with van der Waals surface area (Å²) in [5.74, 6) is -1.80. The third-order valence-corrected chi connectivity index (χ3v) is 5.05. The summed E-state index contributed by atoms with van der Waals surface area (Å²) in [6.45, 7) is 3.78. The topological polar surface area (TPSA) is 56.4 Å². The van der Waals surface area contributed by atoms with Crippen molar-refractivity contribution < 1.29 is 13.6 Å². The van der Waals surface area contributed by atoms with E-state index in [9.17, 15) is 18.4 Å². The average Bonchev–Trinajstić information content (AvgIpc) is 2.57. The third-order valence-electron chi connectivity index (χ3n) is 5.05. The van der Waals surface area contributed by atoms with Crippen LogP contribution in [0.25, 0.3) is 10.9 Å². The second kappa shape index (κ2) is 6.55. The number of nitrogens with one attached hydrogen (secondary N) is 1. The molecule has 25 heavy (non-hydrogen) atoms. The highest BCUT2D eigenvalue weighted by Crippen LogP contribution is 2.22. The molecule has 1 amide bonds. The molecular formula is C18H21F2N3O2. The Kier molecular flexibility index (Phi) is 4.60. The van der Waals surface area contributed by atoms with Crippen LogP contribution >= 0.6 is 0 Å². The first kappa shape index (κ1) is 17.5. The van der Waals surface area contributed by atoms with Crippen LogP contribution < -0.4 is 5.43 Å². The normalized spacial score (nSPS) is 21.5. The molecule has 7 heteroatoms. The van der Waals surface area contributed by atoms with Crippen molar-refractivity contribution in [3.05, 3.63) is 45.8 Å². The van der Waals surface area contributed by atoms with E-state index >= 15 is 0 Å². The number of likely N-dealkylation sites (tertiary alicyclic amines) is 1. The van der Waals surface area contributed by atoms with E-state index in [2.05, 4.69) is 16.8 Å². The van der Waals surface area contributed by atoms with Gasteiger partial charge in [0.2, 0.25) is 5.43 Å². The number of carbonyl (C=O) groups excluding carboxylic acids is 1. The zero-order valence-corrected chi connectivity index (χ0v) is 14.5. The number of fused-ring (bicyclic) bond motifs is 1. The summed E-state index contributed by atoms with van der Waals surface area (Å²) < 4.78 is 27.8. The number of aromatic amines is 1. The maximum atomic E-state index is 14.0. The molecule has 134 valence electrons. The van der Waals surface area contributed by atoms with Crippen molar-refractivity contribution in [2.75, 3.05) is 27.2 Å². The second-order valence-corrected chi connectivity index (χ2v) is 6.82. The first-order chi connectivity index (χ1) is 11.8. The van der Waals surface area contributed by atoms with Crippen LogP contribution in [-0.2, 0) is 0 Å². The van der Waals surface area contributed by atoms with Gasteiger partial charge in [-0.15, -0.1) is 0 Å². The van der Waals surface area contributed by atoms with Crippen molar-refractivity contribution in [1.29, 1.82) is 0 Å². The molecule has 0 spiro atoms. The van der Waals surface area contributed by atoms with Gasteiger partial charge in [-0.1, -0.05) is 6.92 Å². The van der Waals surface area contributed by atoms with Gasteiger partial charge in [-0.2, -0.15) is 0 Å². The smallest absolute Gasteiger partial charge is 0.259 e. The predicted octanol–water partition coefficient (Wildman–Crippen LogP) is 2.22. The van der Waals surface area contributed by atoms with E-state index in [1.54, 1.807) is 11.9 Å². The molecule has 1 fully saturated rings. The highest BCUT2D eigenvalue weighted by molar-refractivity contribution is 5.97. The van der Waals surface area contributed by atoms with Gasteiger partial charge in [0.15, 0.2) is 0 Å². The van der Waals surface area contributed by atoms with Crippen LogP contribution in [0.5, 0.6) is 0 Å². The van der Waals surface area contributed by atoms with E-state index in [0.717, 1.165) is 31.6 Å². The number of nitrogens with zero attached hydrogens (tertiary/aromatic N) is 2. The number of amides is 1. The SMILES string of the molecule is CC1CN(C)CCC1N(C)C(=O)c1c[nH]c2c(F)ccc(F)c2c1=O. The number of pyridine rings is 1. The maximum Gasteiger partial charge on any atom is 0.259 e. The molecule has 1 aromatic carbocycles. The summed E-state index contributed by atoms with van der Waals surface area (Å²) in [5, 5.41) is -0.421. The van der Waals surface area contributed by atoms with Crippen LogP contribution in [0.2, 0.25) is 0 Å². The molecule has 2 aromatic rings. The molecule has 1 aromatic heterocycles. The van der Waals surface area contributed by atoms with Crippen LogP contribution in [-0.4, -0.2) is 53.9 Å². The number of hydrogen-bond donors (Lipinski definition) is 1. The number of aromatic nitrogens is 1. The Morgan fingerprint density at radius 3 is 2.68 bits per heavy atom. The monoisotopic (exact) mass is 349 g/mol. The van der Waals surface area contributed by atoms with E-state index in [1.165, 1.54) is 6.20 Å². The molecule has 5 nitrogen and oxygen atoms in total. The molecule has 2 heterocycles. The van der Waals surface area contributed by atoms with Crippen molar-refractivity contribution >= 4 is 16.8 Å². The van der Waals surface area contributed by atoms with Crippen molar-refractivity contribution in [2.24, 2.45) is 5.92 Å². The Hall–Kier alpha value is -2.28. The van der Waals surface area contributed by atoms with Crippen molar-refractivity contribution in [1.82, 2.24) is 14.8 Å². The number of rotatable bonds is 2. The minimum atomic E-state index is -0.845. The van der Waals surface area contributed by atoms with Crippen LogP contribution in [0.4, 0.5) is 8.78 Å². The number of halogens is 2. The largest absolute Gasteiger partial charge is 0.358 e. The van der Waals surface area contributed by atoms with E-state index in [0.29, 0.717) is 0 Å². The number of H-pyrrole nitrogens is 1. The molecular weight excluding hydrogens is 328 g/mol. The van der Waals surface area contributed by atoms with Crippen LogP contribution in [0, 0.1) is 17.6 Å². The number of piperidine rings is 1. The lowest BCUT2D eigenvalue weighted by molar-refractivity contribution is 0.0548. The minimum Gasteiger partial charge on any atom is -0.358 e. The Balaban J connectivity index is 1.99. The first-order valence-electron chi connectivity index (χ1n) is 8.26. The van der Waals surface area contributed by atoms with E-state index < -0.39 is 28.4 Å². The zero-order valence-electron chi connectivity index (χ0n) is 14.5. The lowest BCUT2D eigenvalue weighted by Gasteiger charge is -2.39. The molecule has 2 atom stereocenters. The highest BCUT2D eigenvalue weighted by atomic mass is 19.1. The fraction of sp³-hybridized carbons (Fsp3) is 0.444. The molecule has 1 N–H and O–H groups in total. The maximum absolute atomic E-state index is 14.0. The van der Waals surface area contributed by atoms with Crippen molar-refractivity contribution in [3.8, 4) is 0 Å². The average molecular weight is 349 g/mol. The van der Waals surface area contributed by atoms with Gasteiger partial charge in [-0.25, -0.2) is 8.78 Å². The fourth-order valence-electron chi connectivity index (χ4n) is 3.68. The molecule has 1 saturated heterocycles. The fourth-order valence-corrected chi connectivity index (χ4v) is 3.68. The minimum absolute atomic E-state index is 0.00356. The summed E-state index contributed by atoms with van der Waals surface area (Å²) >= 11 is 0. The first-order valence-corrected chi connectivity index (χ1v) is 8.26. The van der Waals surface area contributed by atoms with Crippen molar-refractivity contribution in [2.45, 2.75) is 19.4 Å². The van der Waals surface area contributed by atoms with Gasteiger partial charge in [0, 0.05) is 25.8 Å². The van der Waals surface area contributed by atoms with Crippen LogP contribution in [0.3, 0.4) is 0 Å². The summed E-state index contributed by atoms with van der Waals surface area (Å²) in [6, 6.07) is 1.84. The highest BCUT2D eigenvalue weighted by Gasteiger charge is 2.31. The predicted molar refractivity (Wildman–Crippen MR) is 91.6 cm³/mol. The standard InChI is InChI=1S/C18H21F2N3O2/c1-10-9-22(2)7-6-14(10)23(3)18(25)11-8-21-16-13(20)5-4-12(19)15(16)17(11)24/h4-5,8,10,14H,6-7,9H2,1-3H3,(H,21,24). The molecule has 1 aliphatic heterocycles. The Bertz CT molecular complexity index is 880. The number of benzene rings is 1. The van der Waals surface area contributed by atoms with Gasteiger partial charge < -0.3 is 14.8 Å². The molecule has 0 saturated carbocycles. The summed E-state index contributed by atoms with van der Waals surface area (Å²) in [4.78, 5) is 31.7. The van der Waals surface area contributed by atoms with Gasteiger partial charge in [0.25, 0.3) is 5.91 Å². The third kappa shape index (κ3) is 3.04. The number of hydrogen-bond acceptors (Lipinski definition) is 3.